The first kappa shape index (κ1) is 23.2. The molecular weight excluding hydrogens is 434 g/mol. The lowest BCUT2D eigenvalue weighted by Gasteiger charge is -2.13. The van der Waals surface area contributed by atoms with Gasteiger partial charge in [-0.05, 0) is 24.6 Å². The predicted molar refractivity (Wildman–Crippen MR) is 106 cm³/mol. The van der Waals surface area contributed by atoms with Gasteiger partial charge in [0.05, 0.1) is 24.8 Å². The van der Waals surface area contributed by atoms with E-state index in [0.717, 1.165) is 10.6 Å². The van der Waals surface area contributed by atoms with Crippen molar-refractivity contribution in [3.8, 4) is 6.07 Å². The summed E-state index contributed by atoms with van der Waals surface area (Å²) in [7, 11) is 1.29. The summed E-state index contributed by atoms with van der Waals surface area (Å²) in [4.78, 5) is 29.8. The van der Waals surface area contributed by atoms with Crippen LogP contribution in [-0.4, -0.2) is 32.4 Å². The summed E-state index contributed by atoms with van der Waals surface area (Å²) in [6.07, 6.45) is -4.51. The third-order valence-corrected chi connectivity index (χ3v) is 4.84. The van der Waals surface area contributed by atoms with E-state index in [2.05, 4.69) is 4.98 Å². The molecular formula is C20H19F4N5O3. The zero-order valence-corrected chi connectivity index (χ0v) is 17.2. The minimum atomic E-state index is -4.88. The lowest BCUT2D eigenvalue weighted by Crippen LogP contribution is -2.41. The van der Waals surface area contributed by atoms with Gasteiger partial charge >= 0.3 is 11.9 Å². The Kier molecular flexibility index (Phi) is 6.50. The third-order valence-electron chi connectivity index (χ3n) is 4.84. The van der Waals surface area contributed by atoms with Gasteiger partial charge in [0.1, 0.15) is 5.82 Å². The Balaban J connectivity index is 2.37. The Hall–Kier alpha value is -3.46. The van der Waals surface area contributed by atoms with Crippen LogP contribution in [0.1, 0.15) is 30.3 Å². The van der Waals surface area contributed by atoms with Crippen LogP contribution in [0.4, 0.5) is 17.6 Å². The molecule has 0 aliphatic carbocycles. The SMILES string of the molecule is CCCn1c(=O)n(Cc2cc(C#N)ccc2F)c(=O)c2c1nc(C(F)(F)F)n2CCOC. The average Bonchev–Trinajstić information content (AvgIpc) is 3.13. The second-order valence-electron chi connectivity index (χ2n) is 6.99. The largest absolute Gasteiger partial charge is 0.449 e. The highest BCUT2D eigenvalue weighted by Gasteiger charge is 2.39. The number of methoxy groups -OCH3 is 1. The van der Waals surface area contributed by atoms with Crippen LogP contribution in [0.2, 0.25) is 0 Å². The van der Waals surface area contributed by atoms with E-state index in [1.165, 1.54) is 19.2 Å². The normalized spacial score (nSPS) is 11.8. The number of benzene rings is 1. The van der Waals surface area contributed by atoms with Crippen LogP contribution in [0.15, 0.2) is 27.8 Å². The van der Waals surface area contributed by atoms with Crippen molar-refractivity contribution in [2.24, 2.45) is 0 Å². The number of nitrogens with zero attached hydrogens (tertiary/aromatic N) is 5. The first-order valence-electron chi connectivity index (χ1n) is 9.62. The quantitative estimate of drug-likeness (QED) is 0.513. The summed E-state index contributed by atoms with van der Waals surface area (Å²) in [5.74, 6) is -2.09. The number of imidazole rings is 1. The first-order valence-corrected chi connectivity index (χ1v) is 9.62. The Morgan fingerprint density at radius 3 is 2.47 bits per heavy atom. The molecule has 3 aromatic rings. The maximum atomic E-state index is 14.3. The molecule has 32 heavy (non-hydrogen) atoms. The molecule has 8 nitrogen and oxygen atoms in total. The number of halogens is 4. The molecule has 2 heterocycles. The van der Waals surface area contributed by atoms with Crippen molar-refractivity contribution in [2.75, 3.05) is 13.7 Å². The highest BCUT2D eigenvalue weighted by atomic mass is 19.4. The Morgan fingerprint density at radius 2 is 1.88 bits per heavy atom. The molecule has 0 bridgehead atoms. The summed E-state index contributed by atoms with van der Waals surface area (Å²) in [6, 6.07) is 5.26. The molecule has 0 N–H and O–H groups in total. The number of fused-ring (bicyclic) bond motifs is 1. The van der Waals surface area contributed by atoms with E-state index in [-0.39, 0.29) is 30.8 Å². The molecule has 0 fully saturated rings. The molecule has 0 atom stereocenters. The second-order valence-corrected chi connectivity index (χ2v) is 6.99. The van der Waals surface area contributed by atoms with Crippen molar-refractivity contribution in [2.45, 2.75) is 39.2 Å². The molecule has 0 aliphatic heterocycles. The lowest BCUT2D eigenvalue weighted by molar-refractivity contribution is -0.147. The van der Waals surface area contributed by atoms with Gasteiger partial charge in [-0.25, -0.2) is 14.2 Å². The highest BCUT2D eigenvalue weighted by molar-refractivity contribution is 5.71. The molecule has 1 aromatic carbocycles. The summed E-state index contributed by atoms with van der Waals surface area (Å²) in [5, 5.41) is 9.04. The van der Waals surface area contributed by atoms with Gasteiger partial charge in [-0.1, -0.05) is 6.92 Å². The standard InChI is InChI=1S/C20H19F4N5O3/c1-3-6-28-16-15(27(7-8-32-2)18(26-16)20(22,23)24)17(30)29(19(28)31)11-13-9-12(10-25)4-5-14(13)21/h4-5,9H,3,6-8,11H2,1-2H3. The number of aromatic nitrogens is 4. The summed E-state index contributed by atoms with van der Waals surface area (Å²) in [5.41, 5.74) is -2.81. The van der Waals surface area contributed by atoms with Crippen LogP contribution in [0.3, 0.4) is 0 Å². The van der Waals surface area contributed by atoms with E-state index < -0.39 is 46.8 Å². The van der Waals surface area contributed by atoms with Crippen LogP contribution >= 0.6 is 0 Å². The van der Waals surface area contributed by atoms with Crippen LogP contribution < -0.4 is 11.2 Å². The van der Waals surface area contributed by atoms with Crippen molar-refractivity contribution >= 4 is 11.2 Å². The molecule has 0 amide bonds. The molecule has 0 unspecified atom stereocenters. The van der Waals surface area contributed by atoms with Crippen molar-refractivity contribution in [1.82, 2.24) is 18.7 Å². The van der Waals surface area contributed by atoms with Crippen molar-refractivity contribution in [3.63, 3.8) is 0 Å². The first-order chi connectivity index (χ1) is 15.1. The zero-order valence-electron chi connectivity index (χ0n) is 17.2. The van der Waals surface area contributed by atoms with Gasteiger partial charge in [-0.3, -0.25) is 13.9 Å². The van der Waals surface area contributed by atoms with Gasteiger partial charge in [-0.15, -0.1) is 0 Å². The molecule has 0 saturated heterocycles. The number of hydrogen-bond acceptors (Lipinski definition) is 5. The van der Waals surface area contributed by atoms with Crippen LogP contribution in [0.25, 0.3) is 11.2 Å². The van der Waals surface area contributed by atoms with E-state index >= 15 is 0 Å². The smallest absolute Gasteiger partial charge is 0.383 e. The van der Waals surface area contributed by atoms with E-state index in [1.54, 1.807) is 6.92 Å². The summed E-state index contributed by atoms with van der Waals surface area (Å²) in [6.45, 7) is 0.667. The van der Waals surface area contributed by atoms with Crippen molar-refractivity contribution in [3.05, 3.63) is 61.8 Å². The Bertz CT molecular complexity index is 1310. The van der Waals surface area contributed by atoms with Gasteiger partial charge in [-0.2, -0.15) is 18.4 Å². The number of aryl methyl sites for hydroxylation is 1. The zero-order chi connectivity index (χ0) is 23.6. The number of ether oxygens (including phenoxy) is 1. The van der Waals surface area contributed by atoms with Crippen LogP contribution in [0.5, 0.6) is 0 Å². The van der Waals surface area contributed by atoms with Crippen LogP contribution in [-0.2, 0) is 30.5 Å². The van der Waals surface area contributed by atoms with Gasteiger partial charge in [0.15, 0.2) is 11.2 Å². The minimum absolute atomic E-state index is 0.00504. The lowest BCUT2D eigenvalue weighted by atomic mass is 10.1. The van der Waals surface area contributed by atoms with E-state index in [0.29, 0.717) is 15.6 Å². The van der Waals surface area contributed by atoms with Crippen molar-refractivity contribution in [1.29, 1.82) is 5.26 Å². The van der Waals surface area contributed by atoms with Gasteiger partial charge in [0.25, 0.3) is 5.56 Å². The van der Waals surface area contributed by atoms with E-state index in [4.69, 9.17) is 10.00 Å². The fourth-order valence-electron chi connectivity index (χ4n) is 3.41. The Labute approximate surface area is 178 Å². The van der Waals surface area contributed by atoms with E-state index in [1.807, 2.05) is 6.07 Å². The summed E-state index contributed by atoms with van der Waals surface area (Å²) < 4.78 is 62.4. The van der Waals surface area contributed by atoms with Gasteiger partial charge in [0.2, 0.25) is 5.82 Å². The third kappa shape index (κ3) is 4.16. The predicted octanol–water partition coefficient (Wildman–Crippen LogP) is 2.49. The number of rotatable bonds is 7. The molecule has 0 spiro atoms. The molecule has 3 rings (SSSR count). The monoisotopic (exact) mass is 453 g/mol. The van der Waals surface area contributed by atoms with E-state index in [9.17, 15) is 27.2 Å². The second kappa shape index (κ2) is 8.96. The maximum Gasteiger partial charge on any atom is 0.449 e. The molecule has 0 saturated carbocycles. The highest BCUT2D eigenvalue weighted by Crippen LogP contribution is 2.30. The fourth-order valence-corrected chi connectivity index (χ4v) is 3.41. The average molecular weight is 453 g/mol. The molecule has 170 valence electrons. The Morgan fingerprint density at radius 1 is 1.16 bits per heavy atom. The summed E-state index contributed by atoms with van der Waals surface area (Å²) >= 11 is 0. The molecule has 0 radical (unpaired) electrons. The number of nitriles is 1. The molecule has 2 aromatic heterocycles. The maximum absolute atomic E-state index is 14.3. The molecule has 12 heteroatoms. The van der Waals surface area contributed by atoms with Gasteiger partial charge < -0.3 is 9.30 Å². The minimum Gasteiger partial charge on any atom is -0.383 e. The van der Waals surface area contributed by atoms with Gasteiger partial charge in [0, 0.05) is 25.8 Å². The van der Waals surface area contributed by atoms with Crippen molar-refractivity contribution < 1.29 is 22.3 Å². The number of hydrogen-bond donors (Lipinski definition) is 0. The van der Waals surface area contributed by atoms with Crippen LogP contribution in [0, 0.1) is 17.1 Å². The number of alkyl halides is 3. The molecule has 0 aliphatic rings. The fraction of sp³-hybridized carbons (Fsp3) is 0.400. The topological polar surface area (TPSA) is 94.8 Å².